The minimum Gasteiger partial charge on any atom is -0.330 e. The zero-order valence-corrected chi connectivity index (χ0v) is 18.1. The second-order valence-electron chi connectivity index (χ2n) is 6.85. The molecule has 0 radical (unpaired) electrons. The Morgan fingerprint density at radius 1 is 0.931 bits per heavy atom. The molecular formula is C20H22N4O2S3. The first-order valence-electron chi connectivity index (χ1n) is 9.50. The van der Waals surface area contributed by atoms with Gasteiger partial charge in [0.1, 0.15) is 0 Å². The van der Waals surface area contributed by atoms with Crippen molar-refractivity contribution in [2.24, 2.45) is 0 Å². The van der Waals surface area contributed by atoms with Gasteiger partial charge in [0.2, 0.25) is 15.2 Å². The van der Waals surface area contributed by atoms with E-state index in [9.17, 15) is 8.42 Å². The van der Waals surface area contributed by atoms with Gasteiger partial charge in [-0.1, -0.05) is 72.3 Å². The fraction of sp³-hybridized carbons (Fsp3) is 0.300. The van der Waals surface area contributed by atoms with Gasteiger partial charge in [-0.25, -0.2) is 13.1 Å². The molecule has 1 saturated carbocycles. The molecular weight excluding hydrogens is 424 g/mol. The van der Waals surface area contributed by atoms with E-state index in [2.05, 4.69) is 20.2 Å². The van der Waals surface area contributed by atoms with E-state index < -0.39 is 10.0 Å². The maximum Gasteiger partial charge on any atom is 0.240 e. The highest BCUT2D eigenvalue weighted by molar-refractivity contribution is 8.01. The van der Waals surface area contributed by atoms with Crippen LogP contribution in [-0.2, 0) is 10.0 Å². The SMILES string of the molecule is O=S(=O)(N[C@@H]1CCCC[C@H]1Sc1nnc(Nc2ccccc2)s1)c1ccccc1. The van der Waals surface area contributed by atoms with Crippen LogP contribution in [0.2, 0.25) is 0 Å². The first-order chi connectivity index (χ1) is 14.1. The van der Waals surface area contributed by atoms with Crippen molar-refractivity contribution in [1.82, 2.24) is 14.9 Å². The van der Waals surface area contributed by atoms with Crippen LogP contribution in [0.25, 0.3) is 0 Å². The van der Waals surface area contributed by atoms with Crippen LogP contribution in [0.3, 0.4) is 0 Å². The highest BCUT2D eigenvalue weighted by Gasteiger charge is 2.31. The molecule has 1 heterocycles. The Kier molecular flexibility index (Phi) is 6.49. The Labute approximate surface area is 179 Å². The average molecular weight is 447 g/mol. The smallest absolute Gasteiger partial charge is 0.240 e. The number of anilines is 2. The second-order valence-corrected chi connectivity index (χ2v) is 11.0. The Morgan fingerprint density at radius 2 is 1.62 bits per heavy atom. The molecule has 0 unspecified atom stereocenters. The van der Waals surface area contributed by atoms with Crippen LogP contribution in [-0.4, -0.2) is 29.9 Å². The van der Waals surface area contributed by atoms with Crippen LogP contribution < -0.4 is 10.0 Å². The van der Waals surface area contributed by atoms with Crippen molar-refractivity contribution in [2.45, 2.75) is 46.2 Å². The molecule has 1 aromatic heterocycles. The van der Waals surface area contributed by atoms with Crippen molar-refractivity contribution >= 4 is 43.9 Å². The van der Waals surface area contributed by atoms with Crippen molar-refractivity contribution < 1.29 is 8.42 Å². The van der Waals surface area contributed by atoms with Crippen molar-refractivity contribution in [3.8, 4) is 0 Å². The first-order valence-corrected chi connectivity index (χ1v) is 12.7. The van der Waals surface area contributed by atoms with Crippen molar-refractivity contribution in [1.29, 1.82) is 0 Å². The van der Waals surface area contributed by atoms with Crippen molar-refractivity contribution in [2.75, 3.05) is 5.32 Å². The molecule has 1 aliphatic rings. The molecule has 152 valence electrons. The molecule has 0 spiro atoms. The standard InChI is InChI=1S/C20H22N4O2S3/c25-29(26,16-11-5-2-6-12-16)24-17-13-7-8-14-18(17)27-20-23-22-19(28-20)21-15-9-3-1-4-10-15/h1-6,9-12,17-18,24H,7-8,13-14H2,(H,21,22)/t17-,18-/m1/s1. The number of aromatic nitrogens is 2. The average Bonchev–Trinajstić information content (AvgIpc) is 3.17. The molecule has 4 rings (SSSR count). The third-order valence-electron chi connectivity index (χ3n) is 4.75. The number of benzene rings is 2. The molecule has 0 saturated heterocycles. The largest absolute Gasteiger partial charge is 0.330 e. The van der Waals surface area contributed by atoms with E-state index in [1.165, 1.54) is 11.3 Å². The second kappa shape index (κ2) is 9.25. The van der Waals surface area contributed by atoms with Crippen LogP contribution >= 0.6 is 23.1 Å². The topological polar surface area (TPSA) is 84.0 Å². The van der Waals surface area contributed by atoms with E-state index in [0.29, 0.717) is 4.90 Å². The molecule has 1 aliphatic carbocycles. The van der Waals surface area contributed by atoms with Gasteiger partial charge in [-0.3, -0.25) is 0 Å². The first kappa shape index (κ1) is 20.3. The fourth-order valence-electron chi connectivity index (χ4n) is 3.32. The van der Waals surface area contributed by atoms with Gasteiger partial charge < -0.3 is 5.32 Å². The quantitative estimate of drug-likeness (QED) is 0.549. The molecule has 6 nitrogen and oxygen atoms in total. The number of nitrogens with zero attached hydrogens (tertiary/aromatic N) is 2. The van der Waals surface area contributed by atoms with Gasteiger partial charge in [-0.05, 0) is 37.1 Å². The summed E-state index contributed by atoms with van der Waals surface area (Å²) in [6.07, 6.45) is 3.90. The predicted molar refractivity (Wildman–Crippen MR) is 118 cm³/mol. The molecule has 3 aromatic rings. The van der Waals surface area contributed by atoms with Gasteiger partial charge in [-0.15, -0.1) is 10.2 Å². The Hall–Kier alpha value is -1.94. The summed E-state index contributed by atoms with van der Waals surface area (Å²) in [5.41, 5.74) is 0.964. The molecule has 9 heteroatoms. The van der Waals surface area contributed by atoms with Gasteiger partial charge in [0.25, 0.3) is 0 Å². The van der Waals surface area contributed by atoms with E-state index in [0.717, 1.165) is 40.8 Å². The molecule has 2 N–H and O–H groups in total. The van der Waals surface area contributed by atoms with Gasteiger partial charge in [-0.2, -0.15) is 0 Å². The van der Waals surface area contributed by atoms with Crippen LogP contribution in [0.4, 0.5) is 10.8 Å². The molecule has 2 aromatic carbocycles. The van der Waals surface area contributed by atoms with Crippen LogP contribution in [0.1, 0.15) is 25.7 Å². The van der Waals surface area contributed by atoms with E-state index in [1.807, 2.05) is 36.4 Å². The lowest BCUT2D eigenvalue weighted by Gasteiger charge is -2.30. The molecule has 0 amide bonds. The Bertz CT molecular complexity index is 1030. The van der Waals surface area contributed by atoms with Gasteiger partial charge in [0.15, 0.2) is 4.34 Å². The monoisotopic (exact) mass is 446 g/mol. The predicted octanol–water partition coefficient (Wildman–Crippen LogP) is 4.66. The third kappa shape index (κ3) is 5.36. The van der Waals surface area contributed by atoms with Gasteiger partial charge in [0, 0.05) is 17.0 Å². The van der Waals surface area contributed by atoms with Gasteiger partial charge >= 0.3 is 0 Å². The van der Waals surface area contributed by atoms with E-state index in [1.54, 1.807) is 36.0 Å². The maximum atomic E-state index is 12.7. The highest BCUT2D eigenvalue weighted by Crippen LogP contribution is 2.37. The van der Waals surface area contributed by atoms with Crippen molar-refractivity contribution in [3.05, 3.63) is 60.7 Å². The van der Waals surface area contributed by atoms with Gasteiger partial charge in [0.05, 0.1) is 4.90 Å². The van der Waals surface area contributed by atoms with Crippen molar-refractivity contribution in [3.63, 3.8) is 0 Å². The number of nitrogens with one attached hydrogen (secondary N) is 2. The summed E-state index contributed by atoms with van der Waals surface area (Å²) in [6.45, 7) is 0. The minimum atomic E-state index is -3.53. The normalized spacial score (nSPS) is 19.7. The highest BCUT2D eigenvalue weighted by atomic mass is 32.2. The minimum absolute atomic E-state index is 0.117. The van der Waals surface area contributed by atoms with Crippen LogP contribution in [0.5, 0.6) is 0 Å². The number of thioether (sulfide) groups is 1. The zero-order valence-electron chi connectivity index (χ0n) is 15.7. The van der Waals surface area contributed by atoms with Crippen LogP contribution in [0, 0.1) is 0 Å². The summed E-state index contributed by atoms with van der Waals surface area (Å²) in [5.74, 6) is 0. The summed E-state index contributed by atoms with van der Waals surface area (Å²) in [6, 6.07) is 18.3. The molecule has 2 atom stereocenters. The molecule has 0 aliphatic heterocycles. The number of hydrogen-bond donors (Lipinski definition) is 2. The maximum absolute atomic E-state index is 12.7. The summed E-state index contributed by atoms with van der Waals surface area (Å²) in [7, 11) is -3.53. The van der Waals surface area contributed by atoms with E-state index in [-0.39, 0.29) is 11.3 Å². The lowest BCUT2D eigenvalue weighted by atomic mass is 9.96. The Morgan fingerprint density at radius 3 is 2.38 bits per heavy atom. The molecule has 1 fully saturated rings. The zero-order chi connectivity index (χ0) is 20.1. The molecule has 0 bridgehead atoms. The summed E-state index contributed by atoms with van der Waals surface area (Å²) in [5, 5.41) is 12.6. The number of hydrogen-bond acceptors (Lipinski definition) is 7. The van der Waals surface area contributed by atoms with E-state index >= 15 is 0 Å². The summed E-state index contributed by atoms with van der Waals surface area (Å²) < 4.78 is 29.3. The molecule has 29 heavy (non-hydrogen) atoms. The van der Waals surface area contributed by atoms with E-state index in [4.69, 9.17) is 0 Å². The fourth-order valence-corrected chi connectivity index (χ4v) is 7.04. The number of rotatable bonds is 7. The Balaban J connectivity index is 1.43. The summed E-state index contributed by atoms with van der Waals surface area (Å²) in [4.78, 5) is 0.305. The third-order valence-corrected chi connectivity index (χ3v) is 8.57. The van der Waals surface area contributed by atoms with Crippen LogP contribution in [0.15, 0.2) is 69.9 Å². The number of para-hydroxylation sites is 1. The number of sulfonamides is 1. The summed E-state index contributed by atoms with van der Waals surface area (Å²) >= 11 is 3.11. The lowest BCUT2D eigenvalue weighted by Crippen LogP contribution is -2.43. The lowest BCUT2D eigenvalue weighted by molar-refractivity contribution is 0.423.